The largest absolute Gasteiger partial charge is 0.0888 e. The zero-order chi connectivity index (χ0) is 9.03. The van der Waals surface area contributed by atoms with Crippen molar-refractivity contribution in [2.24, 2.45) is 5.41 Å². The first-order valence-electron chi connectivity index (χ1n) is 5.35. The molecule has 0 nitrogen and oxygen atoms in total. The predicted molar refractivity (Wildman–Crippen MR) is 58.8 cm³/mol. The van der Waals surface area contributed by atoms with E-state index in [0.717, 1.165) is 4.83 Å². The summed E-state index contributed by atoms with van der Waals surface area (Å²) in [6, 6.07) is 0. The lowest BCUT2D eigenvalue weighted by Crippen LogP contribution is -2.11. The molecule has 12 heavy (non-hydrogen) atoms. The Labute approximate surface area is 85.3 Å². The molecule has 1 atom stereocenters. The van der Waals surface area contributed by atoms with Crippen molar-refractivity contribution in [3.63, 3.8) is 0 Å². The normalized spacial score (nSPS) is 22.2. The lowest BCUT2D eigenvalue weighted by molar-refractivity contribution is 0.436. The smallest absolute Gasteiger partial charge is 0.0173 e. The van der Waals surface area contributed by atoms with Crippen LogP contribution in [0.15, 0.2) is 0 Å². The summed E-state index contributed by atoms with van der Waals surface area (Å²) in [5, 5.41) is 0. The number of unbranched alkanes of at least 4 members (excludes halogenated alkanes) is 3. The quantitative estimate of drug-likeness (QED) is 0.467. The molecule has 1 rings (SSSR count). The predicted octanol–water partition coefficient (Wildman–Crippen LogP) is 4.52. The number of hydrogen-bond donors (Lipinski definition) is 0. The molecule has 72 valence electrons. The van der Waals surface area contributed by atoms with Gasteiger partial charge in [0.1, 0.15) is 0 Å². The monoisotopic (exact) mass is 232 g/mol. The minimum absolute atomic E-state index is 0.716. The van der Waals surface area contributed by atoms with Crippen molar-refractivity contribution in [1.29, 1.82) is 0 Å². The van der Waals surface area contributed by atoms with Gasteiger partial charge in [0.2, 0.25) is 0 Å². The van der Waals surface area contributed by atoms with Crippen LogP contribution >= 0.6 is 15.9 Å². The average molecular weight is 233 g/mol. The molecule has 1 fully saturated rings. The highest BCUT2D eigenvalue weighted by Crippen LogP contribution is 2.55. The van der Waals surface area contributed by atoms with Crippen molar-refractivity contribution >= 4 is 15.9 Å². The summed E-state index contributed by atoms with van der Waals surface area (Å²) in [4.78, 5) is 0.742. The van der Waals surface area contributed by atoms with E-state index in [1.165, 1.54) is 44.9 Å². The van der Waals surface area contributed by atoms with Gasteiger partial charge in [-0.3, -0.25) is 0 Å². The van der Waals surface area contributed by atoms with E-state index < -0.39 is 0 Å². The topological polar surface area (TPSA) is 0 Å². The minimum atomic E-state index is 0.716. The Hall–Kier alpha value is 0.480. The van der Waals surface area contributed by atoms with Crippen LogP contribution in [-0.2, 0) is 0 Å². The molecule has 0 aliphatic heterocycles. The van der Waals surface area contributed by atoms with Crippen molar-refractivity contribution in [3.05, 3.63) is 0 Å². The number of alkyl halides is 1. The molecule has 1 saturated carbocycles. The van der Waals surface area contributed by atoms with E-state index in [1.807, 2.05) is 0 Å². The molecule has 0 amide bonds. The fourth-order valence-electron chi connectivity index (χ4n) is 1.91. The summed E-state index contributed by atoms with van der Waals surface area (Å²) in [5.74, 6) is 0. The van der Waals surface area contributed by atoms with Gasteiger partial charge in [-0.1, -0.05) is 55.5 Å². The Bertz CT molecular complexity index is 125. The van der Waals surface area contributed by atoms with E-state index in [9.17, 15) is 0 Å². The summed E-state index contributed by atoms with van der Waals surface area (Å²) in [7, 11) is 0. The van der Waals surface area contributed by atoms with Crippen molar-refractivity contribution in [3.8, 4) is 0 Å². The highest BCUT2D eigenvalue weighted by atomic mass is 79.9. The second-order valence-electron chi connectivity index (χ2n) is 4.29. The van der Waals surface area contributed by atoms with Gasteiger partial charge in [0.25, 0.3) is 0 Å². The number of hydrogen-bond acceptors (Lipinski definition) is 0. The summed E-state index contributed by atoms with van der Waals surface area (Å²) >= 11 is 3.73. The maximum atomic E-state index is 3.73. The van der Waals surface area contributed by atoms with Gasteiger partial charge in [-0.05, 0) is 24.7 Å². The van der Waals surface area contributed by atoms with Crippen molar-refractivity contribution in [2.45, 2.75) is 63.6 Å². The maximum absolute atomic E-state index is 3.73. The van der Waals surface area contributed by atoms with E-state index in [-0.39, 0.29) is 0 Å². The fourth-order valence-corrected chi connectivity index (χ4v) is 2.60. The lowest BCUT2D eigenvalue weighted by Gasteiger charge is -2.17. The highest BCUT2D eigenvalue weighted by Gasteiger charge is 2.45. The molecule has 0 spiro atoms. The van der Waals surface area contributed by atoms with Gasteiger partial charge in [0, 0.05) is 4.83 Å². The molecule has 0 heterocycles. The van der Waals surface area contributed by atoms with Crippen LogP contribution in [0.5, 0.6) is 0 Å². The molecule has 1 heteroatoms. The molecule has 1 unspecified atom stereocenters. The molecule has 0 aromatic heterocycles. The second kappa shape index (κ2) is 4.64. The van der Waals surface area contributed by atoms with Crippen molar-refractivity contribution in [1.82, 2.24) is 0 Å². The van der Waals surface area contributed by atoms with Crippen LogP contribution in [0, 0.1) is 5.41 Å². The van der Waals surface area contributed by atoms with Crippen LogP contribution in [0.2, 0.25) is 0 Å². The van der Waals surface area contributed by atoms with Crippen LogP contribution in [0.1, 0.15) is 58.8 Å². The van der Waals surface area contributed by atoms with E-state index in [4.69, 9.17) is 0 Å². The standard InChI is InChI=1S/C11H21Br/c1-3-4-5-6-7-11(8-9-11)10(2)12/h10H,3-9H2,1-2H3. The van der Waals surface area contributed by atoms with Gasteiger partial charge >= 0.3 is 0 Å². The fraction of sp³-hybridized carbons (Fsp3) is 1.00. The zero-order valence-electron chi connectivity index (χ0n) is 8.41. The van der Waals surface area contributed by atoms with Crippen LogP contribution in [-0.4, -0.2) is 4.83 Å². The lowest BCUT2D eigenvalue weighted by atomic mass is 9.95. The highest BCUT2D eigenvalue weighted by molar-refractivity contribution is 9.09. The summed E-state index contributed by atoms with van der Waals surface area (Å²) < 4.78 is 0. The third-order valence-electron chi connectivity index (χ3n) is 3.26. The van der Waals surface area contributed by atoms with Gasteiger partial charge < -0.3 is 0 Å². The first-order chi connectivity index (χ1) is 5.71. The van der Waals surface area contributed by atoms with Crippen LogP contribution in [0.3, 0.4) is 0 Å². The van der Waals surface area contributed by atoms with Crippen molar-refractivity contribution in [2.75, 3.05) is 0 Å². The van der Waals surface area contributed by atoms with E-state index in [1.54, 1.807) is 0 Å². The summed E-state index contributed by atoms with van der Waals surface area (Å²) in [6.45, 7) is 4.59. The van der Waals surface area contributed by atoms with Crippen LogP contribution in [0.4, 0.5) is 0 Å². The van der Waals surface area contributed by atoms with Crippen molar-refractivity contribution < 1.29 is 0 Å². The molecular formula is C11H21Br. The molecule has 1 aliphatic rings. The summed E-state index contributed by atoms with van der Waals surface area (Å²) in [6.07, 6.45) is 10.1. The van der Waals surface area contributed by atoms with Gasteiger partial charge in [0.15, 0.2) is 0 Å². The molecule has 0 radical (unpaired) electrons. The maximum Gasteiger partial charge on any atom is 0.0173 e. The van der Waals surface area contributed by atoms with Gasteiger partial charge in [-0.2, -0.15) is 0 Å². The molecule has 0 aromatic rings. The first kappa shape index (κ1) is 10.6. The molecule has 0 N–H and O–H groups in total. The molecular weight excluding hydrogens is 212 g/mol. The Morgan fingerprint density at radius 3 is 2.33 bits per heavy atom. The molecule has 1 aliphatic carbocycles. The Kier molecular flexibility index (Phi) is 4.09. The van der Waals surface area contributed by atoms with Gasteiger partial charge in [-0.25, -0.2) is 0 Å². The Balaban J connectivity index is 2.06. The Morgan fingerprint density at radius 2 is 1.92 bits per heavy atom. The van der Waals surface area contributed by atoms with Gasteiger partial charge in [-0.15, -0.1) is 0 Å². The SMILES string of the molecule is CCCCCCC1(C(C)Br)CC1. The summed E-state index contributed by atoms with van der Waals surface area (Å²) in [5.41, 5.74) is 0.716. The average Bonchev–Trinajstić information content (AvgIpc) is 2.79. The third kappa shape index (κ3) is 2.76. The van der Waals surface area contributed by atoms with E-state index >= 15 is 0 Å². The molecule has 0 aromatic carbocycles. The zero-order valence-corrected chi connectivity index (χ0v) is 9.99. The number of halogens is 1. The van der Waals surface area contributed by atoms with Gasteiger partial charge in [0.05, 0.1) is 0 Å². The second-order valence-corrected chi connectivity index (χ2v) is 5.66. The van der Waals surface area contributed by atoms with E-state index in [0.29, 0.717) is 5.41 Å². The number of rotatable bonds is 6. The van der Waals surface area contributed by atoms with E-state index in [2.05, 4.69) is 29.8 Å². The van der Waals surface area contributed by atoms with Crippen LogP contribution < -0.4 is 0 Å². The van der Waals surface area contributed by atoms with Crippen LogP contribution in [0.25, 0.3) is 0 Å². The molecule has 0 bridgehead atoms. The Morgan fingerprint density at radius 1 is 1.25 bits per heavy atom. The minimum Gasteiger partial charge on any atom is -0.0888 e. The molecule has 0 saturated heterocycles. The first-order valence-corrected chi connectivity index (χ1v) is 6.27. The third-order valence-corrected chi connectivity index (χ3v) is 4.24.